The SMILES string of the molecule is C1C[SH+]CC[SH+]CC[SH+]CC[SH+]CC[SH+]CC[SH+]1.[Pt+2]. The molecule has 7 heteroatoms. The molecule has 0 aromatic carbocycles. The number of hydrogen-bond donors (Lipinski definition) is 0. The van der Waals surface area contributed by atoms with Crippen LogP contribution in [0.3, 0.4) is 0 Å². The van der Waals surface area contributed by atoms with Crippen LogP contribution in [0.5, 0.6) is 0 Å². The molecule has 0 N–H and O–H groups in total. The van der Waals surface area contributed by atoms with E-state index in [4.69, 9.17) is 0 Å². The summed E-state index contributed by atoms with van der Waals surface area (Å²) in [4.78, 5) is 0. The summed E-state index contributed by atoms with van der Waals surface area (Å²) in [7, 11) is 0. The molecule has 0 radical (unpaired) electrons. The van der Waals surface area contributed by atoms with Gasteiger partial charge >= 0.3 is 21.1 Å². The van der Waals surface area contributed by atoms with Crippen molar-refractivity contribution in [3.05, 3.63) is 0 Å². The van der Waals surface area contributed by atoms with E-state index in [1.807, 2.05) is 0 Å². The molecule has 0 aliphatic carbocycles. The monoisotopic (exact) mass is 561 g/mol. The molecule has 0 unspecified atom stereocenters. The Morgan fingerprint density at radius 2 is 0.368 bits per heavy atom. The summed E-state index contributed by atoms with van der Waals surface area (Å²) in [5.41, 5.74) is 0. The van der Waals surface area contributed by atoms with E-state index in [2.05, 4.69) is 0 Å². The maximum absolute atomic E-state index is 1.71. The van der Waals surface area contributed by atoms with Crippen LogP contribution in [0.4, 0.5) is 0 Å². The summed E-state index contributed by atoms with van der Waals surface area (Å²) in [5, 5.41) is 0. The molecule has 1 aliphatic heterocycles. The maximum atomic E-state index is 1.71. The van der Waals surface area contributed by atoms with Gasteiger partial charge in [-0.3, -0.25) is 0 Å². The molecular formula is C12H30PtS6+8. The zero-order chi connectivity index (χ0) is 12.7. The third kappa shape index (κ3) is 17.0. The number of rotatable bonds is 0. The molecule has 0 aromatic heterocycles. The van der Waals surface area contributed by atoms with Gasteiger partial charge in [0.15, 0.2) is 0 Å². The van der Waals surface area contributed by atoms with Crippen molar-refractivity contribution < 1.29 is 21.1 Å². The fourth-order valence-electron chi connectivity index (χ4n) is 1.52. The van der Waals surface area contributed by atoms with E-state index in [1.165, 1.54) is 69.0 Å². The Morgan fingerprint density at radius 1 is 0.263 bits per heavy atom. The molecule has 1 saturated heterocycles. The Labute approximate surface area is 159 Å². The van der Waals surface area contributed by atoms with Crippen LogP contribution in [0.2, 0.25) is 0 Å². The predicted octanol–water partition coefficient (Wildman–Crippen LogP) is -1.11. The van der Waals surface area contributed by atoms with Gasteiger partial charge in [-0.25, -0.2) is 0 Å². The summed E-state index contributed by atoms with van der Waals surface area (Å²) in [6.07, 6.45) is 0. The molecule has 0 saturated carbocycles. The number of thiol groups is 6. The van der Waals surface area contributed by atoms with Gasteiger partial charge in [-0.1, -0.05) is 0 Å². The second kappa shape index (κ2) is 18.8. The zero-order valence-electron chi connectivity index (χ0n) is 11.5. The first-order valence-corrected chi connectivity index (χ1v) is 14.4. The van der Waals surface area contributed by atoms with Crippen molar-refractivity contribution in [1.29, 1.82) is 0 Å². The van der Waals surface area contributed by atoms with Gasteiger partial charge in [-0.2, -0.15) is 0 Å². The Hall–Kier alpha value is 2.79. The van der Waals surface area contributed by atoms with Crippen LogP contribution >= 0.6 is 0 Å². The van der Waals surface area contributed by atoms with Gasteiger partial charge in [0.25, 0.3) is 0 Å². The van der Waals surface area contributed by atoms with E-state index in [-0.39, 0.29) is 21.1 Å². The molecule has 1 aliphatic rings. The van der Waals surface area contributed by atoms with Gasteiger partial charge in [0, 0.05) is 0 Å². The topological polar surface area (TPSA) is 0 Å². The fourth-order valence-corrected chi connectivity index (χ4v) is 9.65. The minimum atomic E-state index is 0. The molecule has 116 valence electrons. The van der Waals surface area contributed by atoms with E-state index in [0.717, 1.165) is 0 Å². The first-order chi connectivity index (χ1) is 9.00. The molecule has 1 rings (SSSR count). The van der Waals surface area contributed by atoms with Crippen LogP contribution in [-0.2, 0) is 91.6 Å². The molecule has 19 heavy (non-hydrogen) atoms. The van der Waals surface area contributed by atoms with Crippen molar-refractivity contribution in [1.82, 2.24) is 0 Å². The summed E-state index contributed by atoms with van der Waals surface area (Å²) >= 11 is 10.3. The first-order valence-electron chi connectivity index (χ1n) is 6.79. The molecular weight excluding hydrogens is 532 g/mol. The van der Waals surface area contributed by atoms with Gasteiger partial charge in [0.1, 0.15) is 69.0 Å². The zero-order valence-corrected chi connectivity index (χ0v) is 19.1. The van der Waals surface area contributed by atoms with Crippen LogP contribution in [0.1, 0.15) is 0 Å². The van der Waals surface area contributed by atoms with Crippen molar-refractivity contribution >= 4 is 70.6 Å². The summed E-state index contributed by atoms with van der Waals surface area (Å²) in [6, 6.07) is 0. The smallest absolute Gasteiger partial charge is 0.0178 e. The Balaban J connectivity index is 0.00000324. The average molecular weight is 562 g/mol. The molecule has 1 fully saturated rings. The van der Waals surface area contributed by atoms with E-state index < -0.39 is 0 Å². The minimum Gasteiger partial charge on any atom is -0.0178 e. The molecule has 0 spiro atoms. The predicted molar refractivity (Wildman–Crippen MR) is 111 cm³/mol. The van der Waals surface area contributed by atoms with Crippen molar-refractivity contribution in [2.45, 2.75) is 0 Å². The third-order valence-electron chi connectivity index (χ3n) is 2.50. The van der Waals surface area contributed by atoms with E-state index in [9.17, 15) is 0 Å². The van der Waals surface area contributed by atoms with Crippen LogP contribution in [-0.4, -0.2) is 69.0 Å². The van der Waals surface area contributed by atoms with Gasteiger partial charge in [-0.15, -0.1) is 0 Å². The Morgan fingerprint density at radius 3 is 0.474 bits per heavy atom. The normalized spacial score (nSPS) is 22.7. The van der Waals surface area contributed by atoms with E-state index >= 15 is 0 Å². The van der Waals surface area contributed by atoms with Crippen molar-refractivity contribution in [3.63, 3.8) is 0 Å². The van der Waals surface area contributed by atoms with Crippen molar-refractivity contribution in [2.75, 3.05) is 69.0 Å². The minimum absolute atomic E-state index is 0. The van der Waals surface area contributed by atoms with E-state index in [1.54, 1.807) is 70.6 Å². The second-order valence-corrected chi connectivity index (χ2v) is 12.1. The van der Waals surface area contributed by atoms with Gasteiger partial charge in [0.05, 0.1) is 0 Å². The maximum Gasteiger partial charge on any atom is 2.00 e. The molecule has 0 amide bonds. The van der Waals surface area contributed by atoms with Crippen LogP contribution < -0.4 is 0 Å². The molecule has 1 heterocycles. The molecule has 0 aromatic rings. The summed E-state index contributed by atoms with van der Waals surface area (Å²) < 4.78 is 0. The van der Waals surface area contributed by atoms with E-state index in [0.29, 0.717) is 0 Å². The first kappa shape index (κ1) is 21.8. The summed E-state index contributed by atoms with van der Waals surface area (Å²) in [6.45, 7) is 0. The Kier molecular flexibility index (Phi) is 21.6. The summed E-state index contributed by atoms with van der Waals surface area (Å²) in [5.74, 6) is 17.4. The van der Waals surface area contributed by atoms with Crippen molar-refractivity contribution in [3.8, 4) is 0 Å². The Bertz CT molecular complexity index is 97.2. The van der Waals surface area contributed by atoms with Crippen LogP contribution in [0, 0.1) is 0 Å². The largest absolute Gasteiger partial charge is 2.00 e. The van der Waals surface area contributed by atoms with Gasteiger partial charge in [-0.05, 0) is 70.6 Å². The second-order valence-electron chi connectivity index (χ2n) is 4.02. The third-order valence-corrected chi connectivity index (χ3v) is 11.1. The fraction of sp³-hybridized carbons (Fsp3) is 1.00. The molecule has 0 nitrogen and oxygen atoms in total. The standard InChI is InChI=1S/C12H24S6.Pt/c1-2-14-5-6-16-9-10-18-12-11-17-8-7-15-4-3-13-1;/h1-12H2;/q;+2/p+6. The quantitative estimate of drug-likeness (QED) is 0.260. The van der Waals surface area contributed by atoms with Gasteiger partial charge < -0.3 is 0 Å². The molecule has 0 bridgehead atoms. The van der Waals surface area contributed by atoms with Crippen LogP contribution in [0.15, 0.2) is 0 Å². The number of hydrogen-bond acceptors (Lipinski definition) is 0. The van der Waals surface area contributed by atoms with Crippen LogP contribution in [0.25, 0.3) is 0 Å². The van der Waals surface area contributed by atoms with Gasteiger partial charge in [0.2, 0.25) is 0 Å². The average Bonchev–Trinajstić information content (AvgIpc) is 2.39. The van der Waals surface area contributed by atoms with Crippen molar-refractivity contribution in [2.24, 2.45) is 0 Å². The molecule has 0 atom stereocenters.